The second-order valence-corrected chi connectivity index (χ2v) is 11.2. The van der Waals surface area contributed by atoms with Crippen molar-refractivity contribution in [3.8, 4) is 45.6 Å². The van der Waals surface area contributed by atoms with Gasteiger partial charge in [-0.3, -0.25) is 0 Å². The van der Waals surface area contributed by atoms with Crippen molar-refractivity contribution in [3.05, 3.63) is 97.1 Å². The van der Waals surface area contributed by atoms with Crippen LogP contribution in [0.4, 0.5) is 0 Å². The third-order valence-corrected chi connectivity index (χ3v) is 7.88. The largest absolute Gasteiger partial charge is 2.00 e. The van der Waals surface area contributed by atoms with Crippen LogP contribution in [0.3, 0.4) is 0 Å². The van der Waals surface area contributed by atoms with Crippen LogP contribution in [-0.4, -0.2) is 67.2 Å². The molecule has 0 amide bonds. The number of benzene rings is 4. The van der Waals surface area contributed by atoms with Crippen molar-refractivity contribution in [2.24, 2.45) is 0 Å². The van der Waals surface area contributed by atoms with Gasteiger partial charge in [0.2, 0.25) is 0 Å². The Kier molecular flexibility index (Phi) is 8.05. The van der Waals surface area contributed by atoms with Gasteiger partial charge in [-0.2, -0.15) is 0 Å². The first-order valence-electron chi connectivity index (χ1n) is 14.9. The Bertz CT molecular complexity index is 2130. The maximum Gasteiger partial charge on any atom is 2.00 e. The first-order chi connectivity index (χ1) is 22.6. The first-order valence-corrected chi connectivity index (χ1v) is 14.9. The van der Waals surface area contributed by atoms with Gasteiger partial charge in [-0.1, -0.05) is 97.1 Å². The zero-order valence-electron chi connectivity index (χ0n) is 25.4. The van der Waals surface area contributed by atoms with Gasteiger partial charge >= 0.3 is 17.1 Å². The van der Waals surface area contributed by atoms with Crippen LogP contribution in [-0.2, 0) is 17.1 Å². The van der Waals surface area contributed by atoms with E-state index in [0.29, 0.717) is 45.9 Å². The quantitative estimate of drug-likeness (QED) is 0.231. The van der Waals surface area contributed by atoms with E-state index in [9.17, 15) is 0 Å². The summed E-state index contributed by atoms with van der Waals surface area (Å²) in [5, 5.41) is 11.8. The molecule has 0 aliphatic carbocycles. The van der Waals surface area contributed by atoms with Crippen LogP contribution in [0.2, 0.25) is 0 Å². The number of hydrogen-bond donors (Lipinski definition) is 1. The molecule has 0 saturated heterocycles. The van der Waals surface area contributed by atoms with Crippen LogP contribution in [0.1, 0.15) is 0 Å². The molecule has 11 heteroatoms. The van der Waals surface area contributed by atoms with Crippen LogP contribution < -0.4 is 9.97 Å². The van der Waals surface area contributed by atoms with E-state index < -0.39 is 0 Å². The SMILES string of the molecule is CN(C)CCO.[Cu+2].c1ccc2c(c1)-c1nc-2nc2[n-]c(nc3nc(nc4[n-]c(n1)c1ccccc41)-c1ccccc1-3)c1ccccc21. The third-order valence-electron chi connectivity index (χ3n) is 7.88. The summed E-state index contributed by atoms with van der Waals surface area (Å²) in [4.78, 5) is 41.2. The summed E-state index contributed by atoms with van der Waals surface area (Å²) in [6.45, 7) is 1.02. The minimum Gasteiger partial charge on any atom is -0.395 e. The second kappa shape index (κ2) is 12.5. The second-order valence-electron chi connectivity index (χ2n) is 11.2. The normalized spacial score (nSPS) is 11.5. The average Bonchev–Trinajstić information content (AvgIpc) is 3.81. The molecule has 0 atom stereocenters. The summed E-state index contributed by atoms with van der Waals surface area (Å²) < 4.78 is 0. The molecule has 0 unspecified atom stereocenters. The van der Waals surface area contributed by atoms with Gasteiger partial charge in [-0.15, -0.1) is 0 Å². The van der Waals surface area contributed by atoms with Gasteiger partial charge in [0.15, 0.2) is 0 Å². The van der Waals surface area contributed by atoms with Crippen molar-refractivity contribution in [1.29, 1.82) is 0 Å². The number of fused-ring (bicyclic) bond motifs is 20. The molecule has 3 aromatic heterocycles. The predicted molar refractivity (Wildman–Crippen MR) is 180 cm³/mol. The first kappa shape index (κ1) is 30.3. The standard InChI is InChI=1S/C32H16N8.C4H11NO.Cu/c1-2-10-18-17(9-1)25-33-26(18)38-28-21-13-5-6-14-22(21)30(35-28)40-32-24-16-8-7-15-23(24)31(36-32)39-29-20-12-4-3-11-19(20)27(34-29)37-25;1-5(2)3-4-6;/h1-16H;6H,3-4H2,1-2H3;/q-2;;+2. The Labute approximate surface area is 280 Å². The molecule has 1 N–H and O–H groups in total. The van der Waals surface area contributed by atoms with E-state index in [-0.39, 0.29) is 23.7 Å². The van der Waals surface area contributed by atoms with E-state index >= 15 is 0 Å². The summed E-state index contributed by atoms with van der Waals surface area (Å²) in [5.41, 5.74) is 5.78. The molecule has 10 nitrogen and oxygen atoms in total. The number of likely N-dealkylation sites (N-methyl/N-ethyl adjacent to an activating group) is 1. The molecular formula is C36H27CuN9O. The van der Waals surface area contributed by atoms with Crippen LogP contribution in [0, 0.1) is 0 Å². The monoisotopic (exact) mass is 664 g/mol. The molecule has 0 fully saturated rings. The fourth-order valence-electron chi connectivity index (χ4n) is 5.66. The van der Waals surface area contributed by atoms with Crippen molar-refractivity contribution >= 4 is 44.1 Å². The number of rotatable bonds is 2. The van der Waals surface area contributed by atoms with E-state index in [0.717, 1.165) is 50.3 Å². The minimum absolute atomic E-state index is 0. The van der Waals surface area contributed by atoms with Crippen LogP contribution in [0.15, 0.2) is 97.1 Å². The summed E-state index contributed by atoms with van der Waals surface area (Å²) in [5.74, 6) is 2.21. The number of hydrogen-bond acceptors (Lipinski definition) is 8. The Hall–Kier alpha value is -5.32. The van der Waals surface area contributed by atoms with Crippen LogP contribution in [0.25, 0.3) is 89.7 Å². The van der Waals surface area contributed by atoms with Gasteiger partial charge in [-0.25, -0.2) is 9.97 Å². The van der Waals surface area contributed by atoms with Crippen LogP contribution in [0.5, 0.6) is 0 Å². The molecule has 233 valence electrons. The zero-order valence-corrected chi connectivity index (χ0v) is 26.4. The maximum absolute atomic E-state index is 8.20. The average molecular weight is 665 g/mol. The number of aliphatic hydroxyl groups is 1. The fraction of sp³-hybridized carbons (Fsp3) is 0.111. The van der Waals surface area contributed by atoms with Gasteiger partial charge in [0.1, 0.15) is 0 Å². The van der Waals surface area contributed by atoms with E-state index in [1.165, 1.54) is 0 Å². The van der Waals surface area contributed by atoms with Crippen molar-refractivity contribution in [2.45, 2.75) is 0 Å². The molecule has 47 heavy (non-hydrogen) atoms. The van der Waals surface area contributed by atoms with Crippen molar-refractivity contribution in [2.75, 3.05) is 27.2 Å². The molecule has 7 aromatic rings. The van der Waals surface area contributed by atoms with Gasteiger partial charge in [0, 0.05) is 51.4 Å². The van der Waals surface area contributed by atoms with E-state index in [2.05, 4.69) is 0 Å². The van der Waals surface area contributed by atoms with Gasteiger partial charge in [0.25, 0.3) is 0 Å². The molecule has 2 aliphatic heterocycles. The smallest absolute Gasteiger partial charge is 0.395 e. The van der Waals surface area contributed by atoms with Crippen molar-refractivity contribution in [1.82, 2.24) is 44.8 Å². The Morgan fingerprint density at radius 1 is 0.468 bits per heavy atom. The molecule has 5 heterocycles. The Balaban J connectivity index is 0.000000462. The molecule has 0 spiro atoms. The molecular weight excluding hydrogens is 638 g/mol. The number of aromatic nitrogens is 8. The third kappa shape index (κ3) is 5.45. The maximum atomic E-state index is 8.20. The topological polar surface area (TPSA) is 129 Å². The van der Waals surface area contributed by atoms with Crippen LogP contribution >= 0.6 is 0 Å². The summed E-state index contributed by atoms with van der Waals surface area (Å²) in [7, 11) is 3.85. The number of aliphatic hydroxyl groups excluding tert-OH is 1. The van der Waals surface area contributed by atoms with Gasteiger partial charge < -0.3 is 39.9 Å². The van der Waals surface area contributed by atoms with Crippen molar-refractivity contribution in [3.63, 3.8) is 0 Å². The Morgan fingerprint density at radius 3 is 0.979 bits per heavy atom. The summed E-state index contributed by atoms with van der Waals surface area (Å²) >= 11 is 0. The fourth-order valence-corrected chi connectivity index (χ4v) is 5.66. The molecule has 9 rings (SSSR count). The van der Waals surface area contributed by atoms with E-state index in [1.54, 1.807) is 0 Å². The number of nitrogens with zero attached hydrogens (tertiary/aromatic N) is 9. The minimum atomic E-state index is 0. The molecule has 4 aromatic carbocycles. The van der Waals surface area contributed by atoms with Crippen molar-refractivity contribution < 1.29 is 22.2 Å². The van der Waals surface area contributed by atoms with E-state index in [4.69, 9.17) is 45.0 Å². The van der Waals surface area contributed by atoms with E-state index in [1.807, 2.05) is 116 Å². The van der Waals surface area contributed by atoms with Gasteiger partial charge in [-0.05, 0) is 35.6 Å². The zero-order chi connectivity index (χ0) is 31.2. The Morgan fingerprint density at radius 2 is 0.745 bits per heavy atom. The predicted octanol–water partition coefficient (Wildman–Crippen LogP) is 5.67. The molecule has 8 bridgehead atoms. The molecule has 1 radical (unpaired) electrons. The molecule has 2 aliphatic rings. The summed E-state index contributed by atoms with van der Waals surface area (Å²) in [6.07, 6.45) is 0. The van der Waals surface area contributed by atoms with Gasteiger partial charge in [0.05, 0.1) is 29.9 Å². The molecule has 0 saturated carbocycles. The summed E-state index contributed by atoms with van der Waals surface area (Å²) in [6, 6.07) is 31.8.